The molecule has 0 aromatic heterocycles. The predicted molar refractivity (Wildman–Crippen MR) is 80.4 cm³/mol. The first-order chi connectivity index (χ1) is 9.74. The highest BCUT2D eigenvalue weighted by atomic mass is 16.2. The van der Waals surface area contributed by atoms with Gasteiger partial charge in [-0.05, 0) is 24.7 Å². The van der Waals surface area contributed by atoms with E-state index >= 15 is 0 Å². The lowest BCUT2D eigenvalue weighted by atomic mass is 10.1. The maximum Gasteiger partial charge on any atom is 0.253 e. The van der Waals surface area contributed by atoms with Crippen LogP contribution < -0.4 is 5.73 Å². The Bertz CT molecular complexity index is 522. The first-order valence-electron chi connectivity index (χ1n) is 7.05. The van der Waals surface area contributed by atoms with Crippen LogP contribution in [0.5, 0.6) is 0 Å². The number of benzene rings is 1. The fraction of sp³-hybridized carbons (Fsp3) is 0.438. The minimum Gasteiger partial charge on any atom is -0.336 e. The number of piperazine rings is 1. The van der Waals surface area contributed by atoms with Crippen molar-refractivity contribution in [2.75, 3.05) is 39.3 Å². The first-order valence-corrected chi connectivity index (χ1v) is 7.05. The Kier molecular flexibility index (Phi) is 5.16. The Morgan fingerprint density at radius 1 is 1.30 bits per heavy atom. The quantitative estimate of drug-likeness (QED) is 0.809. The summed E-state index contributed by atoms with van der Waals surface area (Å²) in [5.74, 6) is 5.87. The summed E-state index contributed by atoms with van der Waals surface area (Å²) in [5, 5.41) is 0. The van der Waals surface area contributed by atoms with Gasteiger partial charge in [-0.25, -0.2) is 0 Å². The van der Waals surface area contributed by atoms with Crippen molar-refractivity contribution >= 4 is 5.91 Å². The van der Waals surface area contributed by atoms with Crippen LogP contribution in [0, 0.1) is 11.8 Å². The van der Waals surface area contributed by atoms with Crippen LogP contribution in [0.25, 0.3) is 0 Å². The van der Waals surface area contributed by atoms with Gasteiger partial charge in [0.05, 0.1) is 6.54 Å². The molecule has 2 N–H and O–H groups in total. The zero-order valence-corrected chi connectivity index (χ0v) is 11.9. The minimum absolute atomic E-state index is 0.0946. The van der Waals surface area contributed by atoms with Gasteiger partial charge in [-0.1, -0.05) is 24.8 Å². The Morgan fingerprint density at radius 2 is 2.05 bits per heavy atom. The smallest absolute Gasteiger partial charge is 0.253 e. The summed E-state index contributed by atoms with van der Waals surface area (Å²) in [6, 6.07) is 7.46. The third-order valence-electron chi connectivity index (χ3n) is 3.55. The molecular formula is C16H21N3O. The Morgan fingerprint density at radius 3 is 2.70 bits per heavy atom. The summed E-state index contributed by atoms with van der Waals surface area (Å²) in [4.78, 5) is 16.7. The molecule has 20 heavy (non-hydrogen) atoms. The molecule has 2 rings (SSSR count). The standard InChI is InChI=1S/C16H21N3O/c1-2-18-9-11-19(12-10-18)16(20)15-7-3-5-14(13-15)6-4-8-17/h3,5,7,13H,2,8-12,17H2,1H3. The summed E-state index contributed by atoms with van der Waals surface area (Å²) < 4.78 is 0. The number of carbonyl (C=O) groups is 1. The number of nitrogens with zero attached hydrogens (tertiary/aromatic N) is 2. The van der Waals surface area contributed by atoms with Crippen molar-refractivity contribution in [3.63, 3.8) is 0 Å². The molecule has 0 bridgehead atoms. The molecule has 1 saturated heterocycles. The molecule has 1 heterocycles. The van der Waals surface area contributed by atoms with E-state index in [1.54, 1.807) is 0 Å². The second-order valence-electron chi connectivity index (χ2n) is 4.81. The maximum atomic E-state index is 12.5. The van der Waals surface area contributed by atoms with E-state index in [2.05, 4.69) is 23.7 Å². The van der Waals surface area contributed by atoms with E-state index in [0.29, 0.717) is 12.1 Å². The molecule has 1 aromatic rings. The van der Waals surface area contributed by atoms with Gasteiger partial charge in [-0.3, -0.25) is 4.79 Å². The molecule has 106 valence electrons. The van der Waals surface area contributed by atoms with Gasteiger partial charge in [0.1, 0.15) is 0 Å². The van der Waals surface area contributed by atoms with Gasteiger partial charge in [0, 0.05) is 37.3 Å². The van der Waals surface area contributed by atoms with E-state index in [4.69, 9.17) is 5.73 Å². The lowest BCUT2D eigenvalue weighted by molar-refractivity contribution is 0.0643. The van der Waals surface area contributed by atoms with Crippen molar-refractivity contribution in [3.05, 3.63) is 35.4 Å². The van der Waals surface area contributed by atoms with Gasteiger partial charge in [0.15, 0.2) is 0 Å². The van der Waals surface area contributed by atoms with E-state index in [1.165, 1.54) is 0 Å². The molecule has 4 nitrogen and oxygen atoms in total. The topological polar surface area (TPSA) is 49.6 Å². The van der Waals surface area contributed by atoms with Gasteiger partial charge < -0.3 is 15.5 Å². The van der Waals surface area contributed by atoms with Crippen molar-refractivity contribution in [2.45, 2.75) is 6.92 Å². The monoisotopic (exact) mass is 271 g/mol. The van der Waals surface area contributed by atoms with Crippen molar-refractivity contribution in [1.29, 1.82) is 0 Å². The lowest BCUT2D eigenvalue weighted by Gasteiger charge is -2.34. The van der Waals surface area contributed by atoms with E-state index in [1.807, 2.05) is 29.2 Å². The highest BCUT2D eigenvalue weighted by Crippen LogP contribution is 2.10. The van der Waals surface area contributed by atoms with Crippen molar-refractivity contribution in [2.24, 2.45) is 5.73 Å². The van der Waals surface area contributed by atoms with Gasteiger partial charge in [-0.2, -0.15) is 0 Å². The van der Waals surface area contributed by atoms with Gasteiger partial charge in [-0.15, -0.1) is 0 Å². The van der Waals surface area contributed by atoms with Crippen molar-refractivity contribution < 1.29 is 4.79 Å². The second kappa shape index (κ2) is 7.09. The molecule has 1 aromatic carbocycles. The van der Waals surface area contributed by atoms with E-state index < -0.39 is 0 Å². The molecule has 0 spiro atoms. The molecule has 1 fully saturated rings. The fourth-order valence-electron chi connectivity index (χ4n) is 2.33. The lowest BCUT2D eigenvalue weighted by Crippen LogP contribution is -2.48. The molecule has 0 aliphatic carbocycles. The molecule has 0 saturated carbocycles. The Hall–Kier alpha value is -1.83. The summed E-state index contributed by atoms with van der Waals surface area (Å²) >= 11 is 0. The van der Waals surface area contributed by atoms with Crippen molar-refractivity contribution in [1.82, 2.24) is 9.80 Å². The molecule has 0 unspecified atom stereocenters. The number of nitrogens with two attached hydrogens (primary N) is 1. The highest BCUT2D eigenvalue weighted by Gasteiger charge is 2.21. The van der Waals surface area contributed by atoms with Crippen LogP contribution in [0.4, 0.5) is 0 Å². The second-order valence-corrected chi connectivity index (χ2v) is 4.81. The molecular weight excluding hydrogens is 250 g/mol. The van der Waals surface area contributed by atoms with Crippen LogP contribution in [-0.2, 0) is 0 Å². The average Bonchev–Trinajstić information content (AvgIpc) is 2.52. The SMILES string of the molecule is CCN1CCN(C(=O)c2cccc(C#CCN)c2)CC1. The van der Waals surface area contributed by atoms with Crippen LogP contribution in [0.15, 0.2) is 24.3 Å². The van der Waals surface area contributed by atoms with Crippen LogP contribution >= 0.6 is 0 Å². The van der Waals surface area contributed by atoms with Gasteiger partial charge in [0.2, 0.25) is 0 Å². The third kappa shape index (κ3) is 3.60. The molecule has 0 radical (unpaired) electrons. The van der Waals surface area contributed by atoms with Crippen molar-refractivity contribution in [3.8, 4) is 11.8 Å². The number of carbonyl (C=O) groups excluding carboxylic acids is 1. The number of amides is 1. The largest absolute Gasteiger partial charge is 0.336 e. The summed E-state index contributed by atoms with van der Waals surface area (Å²) in [6.07, 6.45) is 0. The molecule has 0 atom stereocenters. The van der Waals surface area contributed by atoms with Crippen LogP contribution in [-0.4, -0.2) is 55.0 Å². The maximum absolute atomic E-state index is 12.5. The van der Waals surface area contributed by atoms with Crippen LogP contribution in [0.1, 0.15) is 22.8 Å². The van der Waals surface area contributed by atoms with E-state index in [-0.39, 0.29) is 5.91 Å². The van der Waals surface area contributed by atoms with Gasteiger partial charge >= 0.3 is 0 Å². The number of rotatable bonds is 2. The molecule has 4 heteroatoms. The van der Waals surface area contributed by atoms with Gasteiger partial charge in [0.25, 0.3) is 5.91 Å². The normalized spacial score (nSPS) is 15.6. The van der Waals surface area contributed by atoms with E-state index in [0.717, 1.165) is 38.3 Å². The zero-order valence-electron chi connectivity index (χ0n) is 11.9. The summed E-state index contributed by atoms with van der Waals surface area (Å²) in [6.45, 7) is 7.03. The molecule has 1 aliphatic heterocycles. The Balaban J connectivity index is 2.06. The molecule has 1 aliphatic rings. The van der Waals surface area contributed by atoms with Crippen LogP contribution in [0.2, 0.25) is 0 Å². The Labute approximate surface area is 120 Å². The summed E-state index contributed by atoms with van der Waals surface area (Å²) in [5.41, 5.74) is 6.91. The van der Waals surface area contributed by atoms with Crippen LogP contribution in [0.3, 0.4) is 0 Å². The third-order valence-corrected chi connectivity index (χ3v) is 3.55. The summed E-state index contributed by atoms with van der Waals surface area (Å²) in [7, 11) is 0. The fourth-order valence-corrected chi connectivity index (χ4v) is 2.33. The first kappa shape index (κ1) is 14.6. The number of hydrogen-bond donors (Lipinski definition) is 1. The van der Waals surface area contributed by atoms with E-state index in [9.17, 15) is 4.79 Å². The predicted octanol–water partition coefficient (Wildman–Crippen LogP) is 0.775. The minimum atomic E-state index is 0.0946. The average molecular weight is 271 g/mol. The number of hydrogen-bond acceptors (Lipinski definition) is 3. The molecule has 1 amide bonds. The highest BCUT2D eigenvalue weighted by molar-refractivity contribution is 5.94. The number of likely N-dealkylation sites (N-methyl/N-ethyl adjacent to an activating group) is 1. The zero-order chi connectivity index (χ0) is 14.4.